The number of hydrogen-bond acceptors (Lipinski definition) is 10. The van der Waals surface area contributed by atoms with Crippen molar-refractivity contribution in [3.8, 4) is 5.75 Å². The number of phenolic OH excluding ortho intramolecular Hbond substituents is 1. The van der Waals surface area contributed by atoms with Gasteiger partial charge in [-0.25, -0.2) is 0 Å². The number of rotatable bonds is 24. The molecule has 3 aromatic rings. The molecule has 1 fully saturated rings. The minimum Gasteiger partial charge on any atom is -0.508 e. The fraction of sp³-hybridized carbons (Fsp3) is 0.435. The summed E-state index contributed by atoms with van der Waals surface area (Å²) in [5, 5.41) is 25.8. The van der Waals surface area contributed by atoms with Crippen LogP contribution in [0, 0.1) is 11.8 Å². The molecule has 0 saturated heterocycles. The van der Waals surface area contributed by atoms with Crippen LogP contribution in [0.3, 0.4) is 0 Å². The lowest BCUT2D eigenvalue weighted by molar-refractivity contribution is -0.136. The molecule has 3 aromatic carbocycles. The summed E-state index contributed by atoms with van der Waals surface area (Å²) in [7, 11) is 0. The second kappa shape index (κ2) is 23.6. The van der Waals surface area contributed by atoms with Crippen LogP contribution in [0.4, 0.5) is 0 Å². The molecule has 15 N–H and O–H groups in total. The molecule has 7 amide bonds. The van der Waals surface area contributed by atoms with E-state index in [1.165, 1.54) is 26.0 Å². The number of aromatic hydroxyl groups is 1. The molecule has 350 valence electrons. The molecule has 0 aromatic heterocycles. The van der Waals surface area contributed by atoms with Gasteiger partial charge in [0, 0.05) is 19.4 Å². The van der Waals surface area contributed by atoms with Gasteiger partial charge in [-0.15, -0.1) is 0 Å². The van der Waals surface area contributed by atoms with Gasteiger partial charge in [-0.05, 0) is 80.2 Å². The number of carbonyl (C=O) groups is 7. The smallest absolute Gasteiger partial charge is 0.246 e. The number of nitrogens with two attached hydrogens (primary N) is 4. The van der Waals surface area contributed by atoms with Crippen LogP contribution >= 0.6 is 0 Å². The van der Waals surface area contributed by atoms with E-state index in [1.54, 1.807) is 66.7 Å². The van der Waals surface area contributed by atoms with Crippen LogP contribution in [0.5, 0.6) is 5.75 Å². The summed E-state index contributed by atoms with van der Waals surface area (Å²) in [5.41, 5.74) is 23.4. The Bertz CT molecular complexity index is 2150. The van der Waals surface area contributed by atoms with Crippen LogP contribution in [0.25, 0.3) is 0 Å². The van der Waals surface area contributed by atoms with Gasteiger partial charge in [0.05, 0.1) is 6.04 Å². The zero-order chi connectivity index (χ0) is 47.8. The van der Waals surface area contributed by atoms with E-state index in [4.69, 9.17) is 22.9 Å². The van der Waals surface area contributed by atoms with Gasteiger partial charge < -0.3 is 59.9 Å². The topological polar surface area (TPSA) is 328 Å². The maximum atomic E-state index is 14.4. The van der Waals surface area contributed by atoms with E-state index < -0.39 is 83.1 Å². The summed E-state index contributed by atoms with van der Waals surface area (Å²) in [4.78, 5) is 98.7. The average Bonchev–Trinajstić information content (AvgIpc) is 4.01. The first-order valence-corrected chi connectivity index (χ1v) is 21.6. The van der Waals surface area contributed by atoms with E-state index in [0.717, 1.165) is 5.56 Å². The molecule has 4 rings (SSSR count). The Kier molecular flexibility index (Phi) is 18.4. The number of benzene rings is 3. The number of carbonyl (C=O) groups excluding carboxylic acids is 7. The van der Waals surface area contributed by atoms with Crippen LogP contribution in [0.2, 0.25) is 0 Å². The van der Waals surface area contributed by atoms with Crippen LogP contribution in [-0.2, 0) is 52.8 Å². The first-order chi connectivity index (χ1) is 30.8. The lowest BCUT2D eigenvalue weighted by Crippen LogP contribution is -2.61. The Balaban J connectivity index is 1.48. The zero-order valence-electron chi connectivity index (χ0n) is 37.2. The van der Waals surface area contributed by atoms with Gasteiger partial charge in [0.15, 0.2) is 5.96 Å². The van der Waals surface area contributed by atoms with Crippen LogP contribution in [0.1, 0.15) is 63.6 Å². The molecule has 1 saturated carbocycles. The summed E-state index contributed by atoms with van der Waals surface area (Å²) in [6, 6.07) is 17.2. The van der Waals surface area contributed by atoms with Crippen molar-refractivity contribution >= 4 is 47.3 Å². The van der Waals surface area contributed by atoms with Crippen molar-refractivity contribution in [2.75, 3.05) is 6.54 Å². The number of nitrogens with one attached hydrogen (secondary N) is 6. The van der Waals surface area contributed by atoms with Crippen molar-refractivity contribution in [1.82, 2.24) is 31.9 Å². The van der Waals surface area contributed by atoms with Gasteiger partial charge in [0.2, 0.25) is 41.4 Å². The number of guanidine groups is 1. The van der Waals surface area contributed by atoms with Crippen molar-refractivity contribution in [3.63, 3.8) is 0 Å². The van der Waals surface area contributed by atoms with Crippen molar-refractivity contribution in [1.29, 1.82) is 0 Å². The number of hydrogen-bond donors (Lipinski definition) is 11. The number of primary amides is 1. The molecule has 19 nitrogen and oxygen atoms in total. The molecular weight excluding hydrogens is 835 g/mol. The van der Waals surface area contributed by atoms with Gasteiger partial charge in [-0.2, -0.15) is 0 Å². The molecule has 0 radical (unpaired) electrons. The van der Waals surface area contributed by atoms with Crippen molar-refractivity contribution < 1.29 is 38.7 Å². The van der Waals surface area contributed by atoms with Crippen molar-refractivity contribution in [2.24, 2.45) is 39.8 Å². The Morgan fingerprint density at radius 3 is 1.66 bits per heavy atom. The predicted octanol–water partition coefficient (Wildman–Crippen LogP) is -0.719. The molecular formula is C46H63N11O8. The molecule has 1 aliphatic carbocycles. The normalized spacial score (nSPS) is 18.0. The minimum atomic E-state index is -1.48. The molecule has 8 atom stereocenters. The van der Waals surface area contributed by atoms with Gasteiger partial charge in [0.25, 0.3) is 0 Å². The summed E-state index contributed by atoms with van der Waals surface area (Å²) in [6.07, 6.45) is 0.823. The fourth-order valence-electron chi connectivity index (χ4n) is 7.39. The van der Waals surface area contributed by atoms with E-state index >= 15 is 0 Å². The molecule has 65 heavy (non-hydrogen) atoms. The predicted molar refractivity (Wildman–Crippen MR) is 244 cm³/mol. The Morgan fingerprint density at radius 2 is 1.14 bits per heavy atom. The maximum absolute atomic E-state index is 14.4. The second-order valence-electron chi connectivity index (χ2n) is 16.8. The molecule has 19 heteroatoms. The Morgan fingerprint density at radius 1 is 0.631 bits per heavy atom. The fourth-order valence-corrected chi connectivity index (χ4v) is 7.39. The lowest BCUT2D eigenvalue weighted by atomic mass is 10.00. The Labute approximate surface area is 378 Å². The number of amides is 7. The highest BCUT2D eigenvalue weighted by atomic mass is 16.3. The highest BCUT2D eigenvalue weighted by Crippen LogP contribution is 2.49. The largest absolute Gasteiger partial charge is 0.508 e. The third-order valence-electron chi connectivity index (χ3n) is 11.2. The quantitative estimate of drug-likeness (QED) is 0.0303. The van der Waals surface area contributed by atoms with Gasteiger partial charge in [-0.1, -0.05) is 86.6 Å². The van der Waals surface area contributed by atoms with Crippen LogP contribution in [0.15, 0.2) is 89.9 Å². The van der Waals surface area contributed by atoms with Gasteiger partial charge in [0.1, 0.15) is 41.5 Å². The summed E-state index contributed by atoms with van der Waals surface area (Å²) < 4.78 is 0. The highest BCUT2D eigenvalue weighted by molar-refractivity contribution is 6.00. The van der Waals surface area contributed by atoms with Crippen LogP contribution < -0.4 is 54.8 Å². The third kappa shape index (κ3) is 15.3. The maximum Gasteiger partial charge on any atom is 0.246 e. The SMILES string of the molecule is CC(C)[C@@H]1C[C@]1(NC(=O)[C@H](Cc1ccccc1)NC(=O)[C@@H](C)NC(=O)[C@H](C)NC(=O)[C@@H](N)Cc1ccc(O)cc1)C(=O)N[C@@H](CCCN=C(N)N)C(=O)N[C@@H](Cc1ccccc1)C(N)=O. The minimum absolute atomic E-state index is 0.0141. The monoisotopic (exact) mass is 897 g/mol. The summed E-state index contributed by atoms with van der Waals surface area (Å²) >= 11 is 0. The number of phenols is 1. The van der Waals surface area contributed by atoms with E-state index in [0.29, 0.717) is 11.1 Å². The molecule has 0 spiro atoms. The average molecular weight is 898 g/mol. The van der Waals surface area contributed by atoms with Gasteiger partial charge >= 0.3 is 0 Å². The molecule has 0 heterocycles. The first-order valence-electron chi connectivity index (χ1n) is 21.6. The third-order valence-corrected chi connectivity index (χ3v) is 11.2. The summed E-state index contributed by atoms with van der Waals surface area (Å²) in [5.74, 6) is -5.33. The number of nitrogens with zero attached hydrogens (tertiary/aromatic N) is 1. The highest BCUT2D eigenvalue weighted by Gasteiger charge is 2.62. The van der Waals surface area contributed by atoms with E-state index in [2.05, 4.69) is 36.9 Å². The molecule has 1 aliphatic rings. The molecule has 0 aliphatic heterocycles. The molecule has 0 unspecified atom stereocenters. The van der Waals surface area contributed by atoms with Crippen LogP contribution in [-0.4, -0.2) is 101 Å². The second-order valence-corrected chi connectivity index (χ2v) is 16.8. The molecule has 0 bridgehead atoms. The van der Waals surface area contributed by atoms with Crippen molar-refractivity contribution in [3.05, 3.63) is 102 Å². The lowest BCUT2D eigenvalue weighted by Gasteiger charge is -2.28. The van der Waals surface area contributed by atoms with E-state index in [-0.39, 0.29) is 68.6 Å². The zero-order valence-corrected chi connectivity index (χ0v) is 37.2. The summed E-state index contributed by atoms with van der Waals surface area (Å²) in [6.45, 7) is 6.78. The van der Waals surface area contributed by atoms with Gasteiger partial charge in [-0.3, -0.25) is 38.6 Å². The van der Waals surface area contributed by atoms with Crippen molar-refractivity contribution in [2.45, 2.75) is 108 Å². The first kappa shape index (κ1) is 50.6. The standard InChI is InChI=1S/C46H63N11O8/c1-26(2)33-25-46(33,44(65)56-35(16-11-21-51-45(49)50)42(63)54-36(38(48)59)23-29-12-7-5-8-13-29)57-43(64)37(24-30-14-9-6-10-15-30)55-40(61)28(4)52-39(60)27(3)53-41(62)34(47)22-31-17-19-32(58)20-18-31/h5-10,12-15,17-20,26-28,33-37,58H,11,16,21-25,47H2,1-4H3,(H2,48,59)(H,52,60)(H,53,62)(H,54,63)(H,55,61)(H,56,65)(H,57,64)(H4,49,50,51)/t27-,28+,33-,34-,35-,36-,37-,46+/m0/s1. The van der Waals surface area contributed by atoms with E-state index in [9.17, 15) is 38.7 Å². The Hall–Kier alpha value is -7.02. The number of aliphatic imine (C=N–C) groups is 1. The van der Waals surface area contributed by atoms with E-state index in [1.807, 2.05) is 19.9 Å².